The van der Waals surface area contributed by atoms with Gasteiger partial charge in [0.1, 0.15) is 0 Å². The van der Waals surface area contributed by atoms with Crippen LogP contribution < -0.4 is 5.32 Å². The zero-order chi connectivity index (χ0) is 10.2. The van der Waals surface area contributed by atoms with E-state index in [1.54, 1.807) is 0 Å². The topological polar surface area (TPSA) is 75.6 Å². The molecular weight excluding hydrogens is 195 g/mol. The van der Waals surface area contributed by atoms with Gasteiger partial charge < -0.3 is 15.2 Å². The van der Waals surface area contributed by atoms with Gasteiger partial charge in [0.15, 0.2) is 6.04 Å². The number of carbonyl (C=O) groups excluding carboxylic acids is 1. The second-order valence-electron chi connectivity index (χ2n) is 2.33. The smallest absolute Gasteiger partial charge is 0.428 e. The minimum atomic E-state index is -4.87. The van der Waals surface area contributed by atoms with Gasteiger partial charge in [-0.3, -0.25) is 0 Å². The Labute approximate surface area is 69.5 Å². The molecule has 8 heteroatoms. The Balaban J connectivity index is 2.84. The minimum absolute atomic E-state index is 1.38. The number of carbonyl (C=O) groups is 2. The molecule has 1 heterocycles. The third-order valence-corrected chi connectivity index (χ3v) is 1.40. The van der Waals surface area contributed by atoms with Crippen molar-refractivity contribution in [3.05, 3.63) is 0 Å². The summed E-state index contributed by atoms with van der Waals surface area (Å²) in [5.74, 6) is -1.78. The molecule has 0 aliphatic carbocycles. The molecule has 2 atom stereocenters. The number of ether oxygens (including phenoxy) is 1. The summed E-state index contributed by atoms with van der Waals surface area (Å²) in [5, 5.41) is 9.80. The lowest BCUT2D eigenvalue weighted by atomic mass is 10.2. The number of hydrogen-bond donors (Lipinski definition) is 2. The first-order chi connectivity index (χ1) is 5.82. The largest absolute Gasteiger partial charge is 0.480 e. The van der Waals surface area contributed by atoms with Crippen LogP contribution >= 0.6 is 0 Å². The second kappa shape index (κ2) is 2.79. The summed E-state index contributed by atoms with van der Waals surface area (Å²) in [4.78, 5) is 20.5. The molecule has 1 fully saturated rings. The SMILES string of the molecule is O=C1NC(C(=O)O)C(C(F)(F)F)O1. The van der Waals surface area contributed by atoms with Crippen LogP contribution in [0.15, 0.2) is 0 Å². The molecule has 1 saturated heterocycles. The number of carboxylic acid groups (broad SMARTS) is 1. The quantitative estimate of drug-likeness (QED) is 0.628. The Hall–Kier alpha value is -1.47. The number of aliphatic carboxylic acids is 1. The Bertz CT molecular complexity index is 251. The Kier molecular flexibility index (Phi) is 2.06. The fraction of sp³-hybridized carbons (Fsp3) is 0.600. The van der Waals surface area contributed by atoms with E-state index in [-0.39, 0.29) is 0 Å². The summed E-state index contributed by atoms with van der Waals surface area (Å²) in [7, 11) is 0. The van der Waals surface area contributed by atoms with Gasteiger partial charge in [-0.1, -0.05) is 0 Å². The van der Waals surface area contributed by atoms with Gasteiger partial charge in [0, 0.05) is 0 Å². The number of halogens is 3. The molecule has 0 saturated carbocycles. The molecule has 2 unspecified atom stereocenters. The predicted molar refractivity (Wildman–Crippen MR) is 30.9 cm³/mol. The fourth-order valence-electron chi connectivity index (χ4n) is 0.867. The van der Waals surface area contributed by atoms with Crippen molar-refractivity contribution in [2.24, 2.45) is 0 Å². The monoisotopic (exact) mass is 199 g/mol. The molecule has 0 radical (unpaired) electrons. The van der Waals surface area contributed by atoms with Gasteiger partial charge >= 0.3 is 18.2 Å². The van der Waals surface area contributed by atoms with Gasteiger partial charge in [-0.2, -0.15) is 13.2 Å². The van der Waals surface area contributed by atoms with Crippen LogP contribution in [0.3, 0.4) is 0 Å². The third kappa shape index (κ3) is 1.82. The van der Waals surface area contributed by atoms with E-state index < -0.39 is 30.4 Å². The van der Waals surface area contributed by atoms with Crippen molar-refractivity contribution in [3.8, 4) is 0 Å². The molecule has 0 aromatic rings. The van der Waals surface area contributed by atoms with E-state index in [4.69, 9.17) is 5.11 Å². The van der Waals surface area contributed by atoms with Crippen molar-refractivity contribution in [2.45, 2.75) is 18.3 Å². The molecule has 0 spiro atoms. The van der Waals surface area contributed by atoms with Crippen LogP contribution in [0.1, 0.15) is 0 Å². The van der Waals surface area contributed by atoms with Crippen molar-refractivity contribution in [2.75, 3.05) is 0 Å². The average molecular weight is 199 g/mol. The molecule has 1 aliphatic heterocycles. The van der Waals surface area contributed by atoms with E-state index in [1.807, 2.05) is 0 Å². The van der Waals surface area contributed by atoms with Crippen molar-refractivity contribution in [3.63, 3.8) is 0 Å². The molecule has 1 amide bonds. The van der Waals surface area contributed by atoms with Gasteiger partial charge in [-0.15, -0.1) is 0 Å². The van der Waals surface area contributed by atoms with Gasteiger partial charge in [-0.05, 0) is 0 Å². The fourth-order valence-corrected chi connectivity index (χ4v) is 0.867. The maximum absolute atomic E-state index is 12.0. The minimum Gasteiger partial charge on any atom is -0.480 e. The van der Waals surface area contributed by atoms with Gasteiger partial charge in [0.05, 0.1) is 0 Å². The summed E-state index contributed by atoms with van der Waals surface area (Å²) < 4.78 is 39.6. The summed E-state index contributed by atoms with van der Waals surface area (Å²) >= 11 is 0. The van der Waals surface area contributed by atoms with E-state index in [9.17, 15) is 22.8 Å². The van der Waals surface area contributed by atoms with Gasteiger partial charge in [0.25, 0.3) is 0 Å². The van der Waals surface area contributed by atoms with E-state index in [0.29, 0.717) is 0 Å². The highest BCUT2D eigenvalue weighted by atomic mass is 19.4. The van der Waals surface area contributed by atoms with Crippen molar-refractivity contribution in [1.82, 2.24) is 5.32 Å². The number of rotatable bonds is 1. The molecule has 13 heavy (non-hydrogen) atoms. The highest BCUT2D eigenvalue weighted by Gasteiger charge is 2.55. The van der Waals surface area contributed by atoms with Crippen LogP contribution in [0.4, 0.5) is 18.0 Å². The molecule has 0 aromatic heterocycles. The lowest BCUT2D eigenvalue weighted by molar-refractivity contribution is -0.203. The number of carboxylic acids is 1. The lowest BCUT2D eigenvalue weighted by Gasteiger charge is -2.15. The van der Waals surface area contributed by atoms with E-state index in [0.717, 1.165) is 0 Å². The van der Waals surface area contributed by atoms with E-state index in [1.165, 1.54) is 5.32 Å². The number of amides is 1. The molecule has 0 bridgehead atoms. The molecular formula is C5H4F3NO4. The first kappa shape index (κ1) is 9.62. The van der Waals surface area contributed by atoms with Crippen LogP contribution in [0.25, 0.3) is 0 Å². The summed E-state index contributed by atoms with van der Waals surface area (Å²) in [6, 6.07) is -2.06. The van der Waals surface area contributed by atoms with Crippen LogP contribution in [-0.4, -0.2) is 35.5 Å². The number of alkyl halides is 3. The van der Waals surface area contributed by atoms with Crippen molar-refractivity contribution < 1.29 is 32.6 Å². The molecule has 1 aliphatic rings. The van der Waals surface area contributed by atoms with Crippen molar-refractivity contribution >= 4 is 12.1 Å². The van der Waals surface area contributed by atoms with Crippen LogP contribution in [0.2, 0.25) is 0 Å². The van der Waals surface area contributed by atoms with E-state index in [2.05, 4.69) is 4.74 Å². The highest BCUT2D eigenvalue weighted by molar-refractivity contribution is 5.83. The second-order valence-corrected chi connectivity index (χ2v) is 2.33. The summed E-state index contributed by atoms with van der Waals surface area (Å²) in [6.07, 6.45) is -8.87. The highest BCUT2D eigenvalue weighted by Crippen LogP contribution is 2.28. The number of cyclic esters (lactones) is 1. The Morgan fingerprint density at radius 1 is 1.54 bits per heavy atom. The number of hydrogen-bond acceptors (Lipinski definition) is 3. The average Bonchev–Trinajstić information content (AvgIpc) is 2.29. The molecule has 0 aromatic carbocycles. The van der Waals surface area contributed by atoms with Gasteiger partial charge in [0.2, 0.25) is 6.10 Å². The Morgan fingerprint density at radius 2 is 2.08 bits per heavy atom. The first-order valence-corrected chi connectivity index (χ1v) is 3.09. The van der Waals surface area contributed by atoms with Crippen LogP contribution in [-0.2, 0) is 9.53 Å². The van der Waals surface area contributed by atoms with Crippen LogP contribution in [0, 0.1) is 0 Å². The third-order valence-electron chi connectivity index (χ3n) is 1.40. The maximum Gasteiger partial charge on any atom is 0.428 e. The van der Waals surface area contributed by atoms with Crippen molar-refractivity contribution in [1.29, 1.82) is 0 Å². The standard InChI is InChI=1S/C5H4F3NO4/c6-5(7,8)2-1(3(10)11)9-4(12)13-2/h1-2H,(H,9,12)(H,10,11). The zero-order valence-corrected chi connectivity index (χ0v) is 5.96. The predicted octanol–water partition coefficient (Wildman–Crippen LogP) is 0.110. The van der Waals surface area contributed by atoms with E-state index >= 15 is 0 Å². The summed E-state index contributed by atoms with van der Waals surface area (Å²) in [5.41, 5.74) is 0. The first-order valence-electron chi connectivity index (χ1n) is 3.09. The molecule has 2 N–H and O–H groups in total. The molecule has 74 valence electrons. The Morgan fingerprint density at radius 3 is 2.38 bits per heavy atom. The van der Waals surface area contributed by atoms with Gasteiger partial charge in [-0.25, -0.2) is 9.59 Å². The van der Waals surface area contributed by atoms with Crippen LogP contribution in [0.5, 0.6) is 0 Å². The lowest BCUT2D eigenvalue weighted by Crippen LogP contribution is -2.46. The molecule has 5 nitrogen and oxygen atoms in total. The summed E-state index contributed by atoms with van der Waals surface area (Å²) in [6.45, 7) is 0. The zero-order valence-electron chi connectivity index (χ0n) is 5.96. The normalized spacial score (nSPS) is 28.1. The number of nitrogens with one attached hydrogen (secondary N) is 1. The number of alkyl carbamates (subject to hydrolysis) is 1. The maximum atomic E-state index is 12.0. The molecule has 1 rings (SSSR count).